The second-order valence-electron chi connectivity index (χ2n) is 6.46. The number of pyridine rings is 1. The molecule has 1 aliphatic carbocycles. The lowest BCUT2D eigenvalue weighted by Crippen LogP contribution is -2.68. The molecule has 0 saturated heterocycles. The Balaban J connectivity index is 0.000000300. The molecule has 24 heavy (non-hydrogen) atoms. The van der Waals surface area contributed by atoms with Crippen molar-refractivity contribution in [3.8, 4) is 0 Å². The number of Topliss-reactive ketones (excluding diaryl/α,β-unsaturated/α-hetero) is 1. The van der Waals surface area contributed by atoms with Crippen molar-refractivity contribution in [2.75, 3.05) is 0 Å². The Kier molecular flexibility index (Phi) is 3.98. The lowest BCUT2D eigenvalue weighted by Gasteiger charge is -2.43. The number of hydrogen-bond acceptors (Lipinski definition) is 5. The number of benzene rings is 1. The molecule has 0 fully saturated rings. The lowest BCUT2D eigenvalue weighted by molar-refractivity contribution is -2.00. The van der Waals surface area contributed by atoms with E-state index in [0.29, 0.717) is 5.78 Å². The van der Waals surface area contributed by atoms with Gasteiger partial charge in [-0.2, -0.15) is 4.57 Å². The van der Waals surface area contributed by atoms with E-state index in [1.165, 1.54) is 11.1 Å². The van der Waals surface area contributed by atoms with Crippen molar-refractivity contribution in [3.05, 3.63) is 65.5 Å². The van der Waals surface area contributed by atoms with Crippen LogP contribution in [-0.2, 0) is 4.79 Å². The highest BCUT2D eigenvalue weighted by Gasteiger charge is 2.59. The van der Waals surface area contributed by atoms with Gasteiger partial charge in [-0.05, 0) is 19.4 Å². The molecule has 2 aliphatic heterocycles. The van der Waals surface area contributed by atoms with Crippen LogP contribution in [0, 0.1) is 15.7 Å². The minimum atomic E-state index is -4.94. The molecule has 0 N–H and O–H groups in total. The molecule has 5 rings (SSSR count). The maximum atomic E-state index is 12.8. The van der Waals surface area contributed by atoms with E-state index >= 15 is 0 Å². The van der Waals surface area contributed by atoms with E-state index in [1.54, 1.807) is 0 Å². The molecule has 2 atom stereocenters. The fraction of sp³-hybridized carbons (Fsp3) is 0.294. The van der Waals surface area contributed by atoms with Gasteiger partial charge in [0.15, 0.2) is 23.7 Å². The Hall–Kier alpha value is -1.83. The molecule has 0 radical (unpaired) electrons. The standard InChI is InChI=1S/C17H16NO.ClHO4/c1-17(2)15-12-8-4-3-7-11(12)14(16(17)19)13-9-5-6-10-18(13)15;2-1(3,4)5/h3-10,14-15H,1-2H3;(H,2,3,4,5)/q+1;/p-1/t14-,15-;/m1./s1. The highest BCUT2D eigenvalue weighted by Crippen LogP contribution is 2.51. The van der Waals surface area contributed by atoms with Crippen molar-refractivity contribution in [2.45, 2.75) is 25.8 Å². The maximum Gasteiger partial charge on any atom is 0.196 e. The Morgan fingerprint density at radius 3 is 2.12 bits per heavy atom. The third kappa shape index (κ3) is 2.72. The predicted molar refractivity (Wildman–Crippen MR) is 71.8 cm³/mol. The summed E-state index contributed by atoms with van der Waals surface area (Å²) in [7, 11) is -4.94. The number of fused-ring (bicyclic) bond motifs is 1. The molecule has 1 aromatic heterocycles. The first-order valence-corrected chi connectivity index (χ1v) is 8.61. The molecule has 0 saturated carbocycles. The first-order valence-electron chi connectivity index (χ1n) is 7.37. The summed E-state index contributed by atoms with van der Waals surface area (Å²) in [6.45, 7) is 4.15. The smallest absolute Gasteiger partial charge is 0.196 e. The highest BCUT2D eigenvalue weighted by atomic mass is 35.7. The molecule has 0 unspecified atom stereocenters. The van der Waals surface area contributed by atoms with E-state index in [2.05, 4.69) is 48.9 Å². The second-order valence-corrected chi connectivity index (χ2v) is 7.22. The van der Waals surface area contributed by atoms with Crippen LogP contribution in [0.1, 0.15) is 42.6 Å². The molecule has 2 aromatic rings. The summed E-state index contributed by atoms with van der Waals surface area (Å²) in [5.41, 5.74) is 3.30. The van der Waals surface area contributed by atoms with Gasteiger partial charge in [0.25, 0.3) is 0 Å². The van der Waals surface area contributed by atoms with Crippen molar-refractivity contribution in [1.29, 1.82) is 0 Å². The lowest BCUT2D eigenvalue weighted by atomic mass is 9.61. The molecule has 6 nitrogen and oxygen atoms in total. The Bertz CT molecular complexity index is 746. The summed E-state index contributed by atoms with van der Waals surface area (Å²) >= 11 is 0. The van der Waals surface area contributed by atoms with Gasteiger partial charge in [0.2, 0.25) is 0 Å². The highest BCUT2D eigenvalue weighted by molar-refractivity contribution is 5.96. The summed E-state index contributed by atoms with van der Waals surface area (Å²) in [5, 5.41) is 0. The Morgan fingerprint density at radius 2 is 1.50 bits per heavy atom. The Labute approximate surface area is 141 Å². The van der Waals surface area contributed by atoms with E-state index in [0.717, 1.165) is 5.69 Å². The summed E-state index contributed by atoms with van der Waals surface area (Å²) in [5.74, 6) is 0.250. The zero-order valence-corrected chi connectivity index (χ0v) is 13.9. The van der Waals surface area contributed by atoms with Crippen LogP contribution in [0.4, 0.5) is 0 Å². The molecular weight excluding hydrogens is 334 g/mol. The number of hydrogen-bond donors (Lipinski definition) is 0. The van der Waals surface area contributed by atoms with Crippen LogP contribution in [-0.4, -0.2) is 5.78 Å². The van der Waals surface area contributed by atoms with Crippen LogP contribution in [0.5, 0.6) is 0 Å². The van der Waals surface area contributed by atoms with Gasteiger partial charge in [0.1, 0.15) is 5.92 Å². The average molecular weight is 350 g/mol. The molecule has 3 heterocycles. The van der Waals surface area contributed by atoms with Crippen LogP contribution in [0.2, 0.25) is 0 Å². The largest absolute Gasteiger partial charge is 0.297 e. The van der Waals surface area contributed by atoms with Gasteiger partial charge in [-0.15, -0.1) is 10.2 Å². The van der Waals surface area contributed by atoms with E-state index in [4.69, 9.17) is 18.6 Å². The van der Waals surface area contributed by atoms with Crippen molar-refractivity contribution in [1.82, 2.24) is 0 Å². The first kappa shape index (κ1) is 17.0. The average Bonchev–Trinajstić information content (AvgIpc) is 2.48. The van der Waals surface area contributed by atoms with Crippen molar-refractivity contribution in [3.63, 3.8) is 0 Å². The summed E-state index contributed by atoms with van der Waals surface area (Å²) < 4.78 is 36.3. The summed E-state index contributed by atoms with van der Waals surface area (Å²) in [4.78, 5) is 12.8. The predicted octanol–water partition coefficient (Wildman–Crippen LogP) is -2.14. The third-order valence-corrected chi connectivity index (χ3v) is 4.68. The molecule has 1 aromatic carbocycles. The SMILES string of the molecule is CC1(C)C(=O)[C@@H]2c3ccccc3[C@H]1[n+]1ccccc12.[O-][Cl+3]([O-])([O-])[O-]. The Morgan fingerprint density at radius 1 is 0.958 bits per heavy atom. The number of ketones is 1. The van der Waals surface area contributed by atoms with Gasteiger partial charge in [-0.3, -0.25) is 4.79 Å². The van der Waals surface area contributed by atoms with E-state index < -0.39 is 10.2 Å². The van der Waals surface area contributed by atoms with E-state index in [-0.39, 0.29) is 17.4 Å². The normalized spacial score (nSPS) is 23.0. The van der Waals surface area contributed by atoms with Crippen LogP contribution in [0.25, 0.3) is 0 Å². The number of nitrogens with zero attached hydrogens (tertiary/aromatic N) is 1. The third-order valence-electron chi connectivity index (χ3n) is 4.68. The monoisotopic (exact) mass is 349 g/mol. The summed E-state index contributed by atoms with van der Waals surface area (Å²) in [6.07, 6.45) is 2.11. The molecular formula is C17H16ClNO5. The second kappa shape index (κ2) is 5.61. The first-order chi connectivity index (χ1) is 11.1. The van der Waals surface area contributed by atoms with Crippen molar-refractivity contribution in [2.24, 2.45) is 5.41 Å². The van der Waals surface area contributed by atoms with Crippen LogP contribution in [0.15, 0.2) is 48.7 Å². The van der Waals surface area contributed by atoms with Gasteiger partial charge in [-0.1, -0.05) is 30.3 Å². The van der Waals surface area contributed by atoms with Gasteiger partial charge < -0.3 is 0 Å². The van der Waals surface area contributed by atoms with Crippen LogP contribution >= 0.6 is 0 Å². The number of aromatic nitrogens is 1. The quantitative estimate of drug-likeness (QED) is 0.504. The molecule has 0 amide bonds. The molecule has 7 heteroatoms. The molecule has 3 aliphatic rings. The van der Waals surface area contributed by atoms with Gasteiger partial charge in [0, 0.05) is 17.7 Å². The topological polar surface area (TPSA) is 113 Å². The van der Waals surface area contributed by atoms with Crippen molar-refractivity contribution >= 4 is 5.78 Å². The van der Waals surface area contributed by atoms with E-state index in [9.17, 15) is 4.79 Å². The molecule has 0 spiro atoms. The number of rotatable bonds is 0. The van der Waals surface area contributed by atoms with E-state index in [1.807, 2.05) is 18.2 Å². The minimum Gasteiger partial charge on any atom is -0.297 e. The van der Waals surface area contributed by atoms with Crippen LogP contribution in [0.3, 0.4) is 0 Å². The maximum absolute atomic E-state index is 12.8. The minimum absolute atomic E-state index is 0.0996. The van der Waals surface area contributed by atoms with Crippen LogP contribution < -0.4 is 23.2 Å². The fourth-order valence-corrected chi connectivity index (χ4v) is 3.80. The fourth-order valence-electron chi connectivity index (χ4n) is 3.80. The van der Waals surface area contributed by atoms with Gasteiger partial charge >= 0.3 is 0 Å². The van der Waals surface area contributed by atoms with Crippen molar-refractivity contribution < 1.29 is 38.2 Å². The molecule has 2 bridgehead atoms. The summed E-state index contributed by atoms with van der Waals surface area (Å²) in [6, 6.07) is 14.7. The number of carbonyl (C=O) groups excluding carboxylic acids is 1. The molecule has 126 valence electrons. The number of halogens is 1. The number of carbonyl (C=O) groups is 1. The van der Waals surface area contributed by atoms with Gasteiger partial charge in [0.05, 0.1) is 5.41 Å². The van der Waals surface area contributed by atoms with Gasteiger partial charge in [-0.25, -0.2) is 18.6 Å². The zero-order chi connectivity index (χ0) is 17.7. The zero-order valence-electron chi connectivity index (χ0n) is 13.1.